The van der Waals surface area contributed by atoms with Gasteiger partial charge in [-0.2, -0.15) is 11.8 Å². The predicted octanol–water partition coefficient (Wildman–Crippen LogP) is 7.72. The highest BCUT2D eigenvalue weighted by Crippen LogP contribution is 2.62. The van der Waals surface area contributed by atoms with Crippen molar-refractivity contribution in [2.24, 2.45) is 22.9 Å². The lowest BCUT2D eigenvalue weighted by Gasteiger charge is -2.58. The van der Waals surface area contributed by atoms with Crippen molar-refractivity contribution < 1.29 is 38.8 Å². The van der Waals surface area contributed by atoms with Crippen LogP contribution in [0.25, 0.3) is 0 Å². The normalized spacial score (nSPS) is 24.5. The Morgan fingerprint density at radius 2 is 1.87 bits per heavy atom. The van der Waals surface area contributed by atoms with Gasteiger partial charge < -0.3 is 34.0 Å². The van der Waals surface area contributed by atoms with Gasteiger partial charge >= 0.3 is 0 Å². The standard InChI is InChI=1S/C43H53N3O8S/c1-4-21-51-43-40(55-22-16-31-27-44-17-18-45-31)26-37(46-52-5-2)35-24-29(10-6-8-19-47)34(11-7-9-20-48)41(42(35)43)36-25-33(13-15-39(36)54-43)53-32-12-14-38(50-3)30(23-32)28-49/h4,12-15,17-18,23-25,27-29,34,40-42,47-48H,1,5-11,16,19-22,26H2,2-3H3. The molecule has 2 heterocycles. The SMILES string of the molecule is C=CCOC12Oc3ccc(Oc4ccc(OC)c(C=O)c4)cc3C3C(CCCCO)C(CCCCO)C=C(C(=NOCC)CC1SCCc1cnccn1)C32. The number of hydrogen-bond donors (Lipinski definition) is 2. The number of aliphatic hydroxyl groups excluding tert-OH is 2. The van der Waals surface area contributed by atoms with Crippen molar-refractivity contribution in [1.29, 1.82) is 0 Å². The van der Waals surface area contributed by atoms with E-state index < -0.39 is 5.79 Å². The van der Waals surface area contributed by atoms with Gasteiger partial charge in [0.15, 0.2) is 6.29 Å². The van der Waals surface area contributed by atoms with E-state index in [-0.39, 0.29) is 48.7 Å². The molecule has 0 saturated heterocycles. The van der Waals surface area contributed by atoms with E-state index in [1.807, 2.05) is 19.1 Å². The number of ether oxygens (including phenoxy) is 4. The van der Waals surface area contributed by atoms with Crippen LogP contribution in [0.1, 0.15) is 79.4 Å². The highest BCUT2D eigenvalue weighted by atomic mass is 32.2. The third kappa shape index (κ3) is 9.09. The van der Waals surface area contributed by atoms with Crippen LogP contribution in [0.2, 0.25) is 0 Å². The topological polar surface area (TPSA) is 142 Å². The van der Waals surface area contributed by atoms with E-state index in [1.165, 1.54) is 7.11 Å². The minimum absolute atomic E-state index is 0.0773. The molecule has 11 nitrogen and oxygen atoms in total. The molecule has 2 aliphatic carbocycles. The first-order valence-electron chi connectivity index (χ1n) is 19.4. The predicted molar refractivity (Wildman–Crippen MR) is 213 cm³/mol. The first-order valence-corrected chi connectivity index (χ1v) is 20.4. The van der Waals surface area contributed by atoms with E-state index in [9.17, 15) is 15.0 Å². The Labute approximate surface area is 328 Å². The third-order valence-corrected chi connectivity index (χ3v) is 12.1. The highest BCUT2D eigenvalue weighted by molar-refractivity contribution is 8.00. The lowest BCUT2D eigenvalue weighted by atomic mass is 9.56. The summed E-state index contributed by atoms with van der Waals surface area (Å²) in [4.78, 5) is 26.4. The maximum absolute atomic E-state index is 11.8. The number of allylic oxidation sites excluding steroid dienone is 1. The molecule has 6 atom stereocenters. The number of aromatic nitrogens is 2. The summed E-state index contributed by atoms with van der Waals surface area (Å²) in [6.45, 7) is 6.95. The first-order chi connectivity index (χ1) is 27.0. The Morgan fingerprint density at radius 3 is 2.60 bits per heavy atom. The summed E-state index contributed by atoms with van der Waals surface area (Å²) in [6, 6.07) is 11.1. The average molecular weight is 772 g/mol. The van der Waals surface area contributed by atoms with Gasteiger partial charge in [-0.25, -0.2) is 0 Å². The number of aldehydes is 1. The second-order valence-corrected chi connectivity index (χ2v) is 15.4. The summed E-state index contributed by atoms with van der Waals surface area (Å²) < 4.78 is 26.0. The molecular weight excluding hydrogens is 719 g/mol. The van der Waals surface area contributed by atoms with Crippen molar-refractivity contribution >= 4 is 23.8 Å². The van der Waals surface area contributed by atoms with Gasteiger partial charge in [0.2, 0.25) is 5.79 Å². The number of carbonyl (C=O) groups excluding carboxylic acids is 1. The fraction of sp³-hybridized carbons (Fsp3) is 0.488. The zero-order valence-electron chi connectivity index (χ0n) is 31.8. The number of benzene rings is 2. The highest BCUT2D eigenvalue weighted by Gasteiger charge is 2.64. The summed E-state index contributed by atoms with van der Waals surface area (Å²) in [5, 5.41) is 24.3. The molecule has 1 aliphatic heterocycles. The Morgan fingerprint density at radius 1 is 1.07 bits per heavy atom. The molecule has 3 aromatic rings. The zero-order chi connectivity index (χ0) is 38.6. The van der Waals surface area contributed by atoms with Crippen LogP contribution in [0.15, 0.2) is 84.4 Å². The number of carbonyl (C=O) groups is 1. The van der Waals surface area contributed by atoms with E-state index in [2.05, 4.69) is 28.7 Å². The summed E-state index contributed by atoms with van der Waals surface area (Å²) in [7, 11) is 1.53. The van der Waals surface area contributed by atoms with Gasteiger partial charge in [0.1, 0.15) is 29.6 Å². The summed E-state index contributed by atoms with van der Waals surface area (Å²) in [6.07, 6.45) is 16.3. The van der Waals surface area contributed by atoms with E-state index in [0.29, 0.717) is 42.3 Å². The molecule has 12 heteroatoms. The Bertz CT molecular complexity index is 1810. The van der Waals surface area contributed by atoms with Crippen molar-refractivity contribution in [2.75, 3.05) is 39.3 Å². The number of fused-ring (bicyclic) bond motifs is 2. The van der Waals surface area contributed by atoms with Gasteiger partial charge in [0.25, 0.3) is 0 Å². The van der Waals surface area contributed by atoms with Crippen molar-refractivity contribution in [3.05, 3.63) is 96.1 Å². The van der Waals surface area contributed by atoms with Crippen molar-refractivity contribution in [3.8, 4) is 23.0 Å². The van der Waals surface area contributed by atoms with Crippen LogP contribution in [-0.4, -0.2) is 82.5 Å². The largest absolute Gasteiger partial charge is 0.496 e. The van der Waals surface area contributed by atoms with Crippen LogP contribution < -0.4 is 14.2 Å². The lowest BCUT2D eigenvalue weighted by Crippen LogP contribution is -2.64. The van der Waals surface area contributed by atoms with E-state index >= 15 is 0 Å². The number of hydrogen-bond acceptors (Lipinski definition) is 12. The first kappa shape index (κ1) is 40.4. The summed E-state index contributed by atoms with van der Waals surface area (Å²) in [5.41, 5.74) is 4.29. The third-order valence-electron chi connectivity index (χ3n) is 10.8. The van der Waals surface area contributed by atoms with E-state index in [1.54, 1.807) is 54.6 Å². The average Bonchev–Trinajstić information content (AvgIpc) is 3.21. The van der Waals surface area contributed by atoms with Gasteiger partial charge in [0.05, 0.1) is 41.9 Å². The van der Waals surface area contributed by atoms with Crippen molar-refractivity contribution in [1.82, 2.24) is 9.97 Å². The number of oxime groups is 1. The Hall–Kier alpha value is -4.23. The summed E-state index contributed by atoms with van der Waals surface area (Å²) >= 11 is 1.79. The second-order valence-electron chi connectivity index (χ2n) is 14.1. The van der Waals surface area contributed by atoms with E-state index in [4.69, 9.17) is 28.9 Å². The molecule has 6 unspecified atom stereocenters. The van der Waals surface area contributed by atoms with Crippen molar-refractivity contribution in [3.63, 3.8) is 0 Å². The number of rotatable bonds is 21. The molecule has 55 heavy (non-hydrogen) atoms. The number of aryl methyl sites for hydroxylation is 1. The van der Waals surface area contributed by atoms with Crippen LogP contribution in [0, 0.1) is 17.8 Å². The van der Waals surface area contributed by atoms with Crippen LogP contribution >= 0.6 is 11.8 Å². The van der Waals surface area contributed by atoms with Gasteiger partial charge in [-0.15, -0.1) is 6.58 Å². The molecule has 0 amide bonds. The molecule has 3 aliphatic rings. The van der Waals surface area contributed by atoms with Crippen molar-refractivity contribution in [2.45, 2.75) is 75.2 Å². The monoisotopic (exact) mass is 771 g/mol. The molecule has 294 valence electrons. The van der Waals surface area contributed by atoms with E-state index in [0.717, 1.165) is 78.9 Å². The van der Waals surface area contributed by atoms with Crippen LogP contribution in [0.5, 0.6) is 23.0 Å². The van der Waals surface area contributed by atoms with Crippen LogP contribution in [0.4, 0.5) is 0 Å². The minimum atomic E-state index is -1.07. The molecule has 2 N–H and O–H groups in total. The number of methoxy groups -OCH3 is 1. The minimum Gasteiger partial charge on any atom is -0.496 e. The molecule has 0 radical (unpaired) electrons. The molecule has 0 bridgehead atoms. The van der Waals surface area contributed by atoms with Gasteiger partial charge in [-0.05, 0) is 92.2 Å². The molecule has 0 spiro atoms. The van der Waals surface area contributed by atoms with Gasteiger partial charge in [-0.1, -0.05) is 30.1 Å². The summed E-state index contributed by atoms with van der Waals surface area (Å²) in [5.74, 6) is 2.00. The van der Waals surface area contributed by atoms with Crippen LogP contribution in [-0.2, 0) is 16.0 Å². The number of nitrogens with zero attached hydrogens (tertiary/aromatic N) is 3. The van der Waals surface area contributed by atoms with Gasteiger partial charge in [-0.3, -0.25) is 14.8 Å². The fourth-order valence-electron chi connectivity index (χ4n) is 8.45. The fourth-order valence-corrected chi connectivity index (χ4v) is 9.83. The maximum atomic E-state index is 11.8. The molecule has 2 aromatic carbocycles. The molecule has 1 fully saturated rings. The maximum Gasteiger partial charge on any atom is 0.230 e. The van der Waals surface area contributed by atoms with Gasteiger partial charge in [0, 0.05) is 56.1 Å². The Kier molecular flexibility index (Phi) is 14.4. The number of unbranched alkanes of at least 4 members (excludes halogenated alkanes) is 2. The molecular formula is C43H53N3O8S. The molecule has 6 rings (SSSR count). The lowest BCUT2D eigenvalue weighted by molar-refractivity contribution is -0.223. The number of aliphatic hydroxyl groups is 2. The van der Waals surface area contributed by atoms with Crippen LogP contribution in [0.3, 0.4) is 0 Å². The molecule has 1 saturated carbocycles. The second kappa shape index (κ2) is 19.6. The zero-order valence-corrected chi connectivity index (χ0v) is 32.6. The quantitative estimate of drug-likeness (QED) is 0.0476. The smallest absolute Gasteiger partial charge is 0.230 e. The molecule has 1 aromatic heterocycles. The number of thioether (sulfide) groups is 1. The Balaban J connectivity index is 1.49.